The van der Waals surface area contributed by atoms with Gasteiger partial charge >= 0.3 is 0 Å². The van der Waals surface area contributed by atoms with Crippen molar-refractivity contribution >= 4 is 50.7 Å². The maximum absolute atomic E-state index is 13.8. The van der Waals surface area contributed by atoms with Gasteiger partial charge in [-0.05, 0) is 62.2 Å². The van der Waals surface area contributed by atoms with Crippen LogP contribution in [0.2, 0.25) is 10.0 Å². The number of hydrogen-bond acceptors (Lipinski definition) is 4. The number of anilines is 1. The molecule has 7 nitrogen and oxygen atoms in total. The molecule has 0 heterocycles. The number of aryl methyl sites for hydroxylation is 1. The molecule has 0 saturated carbocycles. The molecule has 1 N–H and O–H groups in total. The van der Waals surface area contributed by atoms with Crippen LogP contribution in [0.4, 0.5) is 5.69 Å². The number of nitrogens with one attached hydrogen (secondary N) is 1. The molecule has 38 heavy (non-hydrogen) atoms. The van der Waals surface area contributed by atoms with Crippen LogP contribution in [0.25, 0.3) is 0 Å². The van der Waals surface area contributed by atoms with Crippen LogP contribution in [0.3, 0.4) is 0 Å². The molecule has 0 aromatic heterocycles. The van der Waals surface area contributed by atoms with Gasteiger partial charge in [0.05, 0.1) is 10.6 Å². The van der Waals surface area contributed by atoms with Crippen molar-refractivity contribution in [1.82, 2.24) is 10.2 Å². The van der Waals surface area contributed by atoms with Crippen molar-refractivity contribution in [2.45, 2.75) is 44.7 Å². The van der Waals surface area contributed by atoms with Gasteiger partial charge in [0.2, 0.25) is 11.8 Å². The molecule has 3 aromatic carbocycles. The maximum atomic E-state index is 13.8. The minimum absolute atomic E-state index is 0.0112. The SMILES string of the molecule is CCCNC(=O)C(C)N(Cc1ccc(Cl)cc1Cl)C(=O)CN(c1ccccc1)S(=O)(=O)c1ccc(C)cc1. The van der Waals surface area contributed by atoms with Gasteiger partial charge in [-0.25, -0.2) is 8.42 Å². The summed E-state index contributed by atoms with van der Waals surface area (Å²) in [6.07, 6.45) is 0.728. The minimum atomic E-state index is -4.10. The number of carbonyl (C=O) groups excluding carboxylic acids is 2. The molecule has 1 atom stereocenters. The highest BCUT2D eigenvalue weighted by molar-refractivity contribution is 7.92. The second kappa shape index (κ2) is 13.1. The third-order valence-corrected chi connectivity index (χ3v) is 8.38. The molecule has 10 heteroatoms. The Morgan fingerprint density at radius 3 is 2.24 bits per heavy atom. The number of halogens is 2. The molecule has 3 rings (SSSR count). The van der Waals surface area contributed by atoms with Gasteiger partial charge in [0.15, 0.2) is 0 Å². The summed E-state index contributed by atoms with van der Waals surface area (Å²) in [6.45, 7) is 5.31. The number of sulfonamides is 1. The molecular formula is C28H31Cl2N3O4S. The first kappa shape index (κ1) is 29.5. The average Bonchev–Trinajstić information content (AvgIpc) is 2.90. The predicted molar refractivity (Wildman–Crippen MR) is 152 cm³/mol. The van der Waals surface area contributed by atoms with Crippen molar-refractivity contribution in [2.24, 2.45) is 0 Å². The fraction of sp³-hybridized carbons (Fsp3) is 0.286. The van der Waals surface area contributed by atoms with E-state index < -0.39 is 28.5 Å². The highest BCUT2D eigenvalue weighted by Gasteiger charge is 2.32. The number of nitrogens with zero attached hydrogens (tertiary/aromatic N) is 2. The fourth-order valence-electron chi connectivity index (χ4n) is 3.77. The lowest BCUT2D eigenvalue weighted by Crippen LogP contribution is -2.51. The Bertz CT molecular complexity index is 1370. The first-order valence-corrected chi connectivity index (χ1v) is 14.4. The minimum Gasteiger partial charge on any atom is -0.354 e. The van der Waals surface area contributed by atoms with Gasteiger partial charge in [0.1, 0.15) is 12.6 Å². The Morgan fingerprint density at radius 1 is 0.974 bits per heavy atom. The smallest absolute Gasteiger partial charge is 0.264 e. The lowest BCUT2D eigenvalue weighted by molar-refractivity contribution is -0.139. The summed E-state index contributed by atoms with van der Waals surface area (Å²) in [5, 5.41) is 3.58. The monoisotopic (exact) mass is 575 g/mol. The zero-order valence-electron chi connectivity index (χ0n) is 21.5. The summed E-state index contributed by atoms with van der Waals surface area (Å²) in [5.41, 5.74) is 1.81. The van der Waals surface area contributed by atoms with Crippen molar-refractivity contribution < 1.29 is 18.0 Å². The van der Waals surface area contributed by atoms with Crippen molar-refractivity contribution in [3.8, 4) is 0 Å². The predicted octanol–water partition coefficient (Wildman–Crippen LogP) is 5.44. The van der Waals surface area contributed by atoms with Crippen molar-refractivity contribution in [2.75, 3.05) is 17.4 Å². The number of hydrogen-bond donors (Lipinski definition) is 1. The van der Waals surface area contributed by atoms with Crippen LogP contribution in [-0.2, 0) is 26.2 Å². The van der Waals surface area contributed by atoms with Gasteiger partial charge in [0, 0.05) is 23.1 Å². The Balaban J connectivity index is 2.01. The van der Waals surface area contributed by atoms with E-state index in [4.69, 9.17) is 23.2 Å². The van der Waals surface area contributed by atoms with Gasteiger partial charge in [-0.3, -0.25) is 13.9 Å². The molecular weight excluding hydrogens is 545 g/mol. The van der Waals surface area contributed by atoms with E-state index in [1.54, 1.807) is 67.6 Å². The number of amides is 2. The van der Waals surface area contributed by atoms with Gasteiger partial charge < -0.3 is 10.2 Å². The summed E-state index contributed by atoms with van der Waals surface area (Å²) in [5.74, 6) is -0.910. The summed E-state index contributed by atoms with van der Waals surface area (Å²) < 4.78 is 28.5. The zero-order chi connectivity index (χ0) is 27.9. The quantitative estimate of drug-likeness (QED) is 0.330. The van der Waals surface area contributed by atoms with Gasteiger partial charge in [-0.1, -0.05) is 72.1 Å². The number of rotatable bonds is 11. The van der Waals surface area contributed by atoms with Crippen LogP contribution in [0.5, 0.6) is 0 Å². The molecule has 0 saturated heterocycles. The second-order valence-corrected chi connectivity index (χ2v) is 11.6. The van der Waals surface area contributed by atoms with Crippen molar-refractivity contribution in [3.05, 3.63) is 94.0 Å². The molecule has 0 radical (unpaired) electrons. The van der Waals surface area contributed by atoms with Crippen LogP contribution in [-0.4, -0.2) is 44.3 Å². The molecule has 0 fully saturated rings. The topological polar surface area (TPSA) is 86.8 Å². The molecule has 0 aliphatic carbocycles. The van der Waals surface area contributed by atoms with E-state index >= 15 is 0 Å². The van der Waals surface area contributed by atoms with E-state index in [-0.39, 0.29) is 17.3 Å². The Kier molecular flexibility index (Phi) is 10.2. The highest BCUT2D eigenvalue weighted by atomic mass is 35.5. The van der Waals surface area contributed by atoms with Crippen molar-refractivity contribution in [1.29, 1.82) is 0 Å². The summed E-state index contributed by atoms with van der Waals surface area (Å²) in [4.78, 5) is 28.1. The number of carbonyl (C=O) groups is 2. The third kappa shape index (κ3) is 7.28. The van der Waals surface area contributed by atoms with E-state index in [1.165, 1.54) is 17.0 Å². The van der Waals surface area contributed by atoms with Crippen LogP contribution in [0.15, 0.2) is 77.7 Å². The first-order chi connectivity index (χ1) is 18.0. The van der Waals surface area contributed by atoms with Gasteiger partial charge in [-0.15, -0.1) is 0 Å². The number of para-hydroxylation sites is 1. The van der Waals surface area contributed by atoms with Crippen molar-refractivity contribution in [3.63, 3.8) is 0 Å². The van der Waals surface area contributed by atoms with Crippen LogP contribution in [0, 0.1) is 6.92 Å². The second-order valence-electron chi connectivity index (χ2n) is 8.88. The summed E-state index contributed by atoms with van der Waals surface area (Å²) >= 11 is 12.4. The lowest BCUT2D eigenvalue weighted by Gasteiger charge is -2.32. The molecule has 202 valence electrons. The molecule has 0 aliphatic rings. The molecule has 0 bridgehead atoms. The van der Waals surface area contributed by atoms with E-state index in [0.29, 0.717) is 27.8 Å². The molecule has 3 aromatic rings. The first-order valence-electron chi connectivity index (χ1n) is 12.2. The molecule has 1 unspecified atom stereocenters. The standard InChI is InChI=1S/C28H31Cl2N3O4S/c1-4-16-31-28(35)21(3)32(18-22-12-13-23(29)17-26(22)30)27(34)19-33(24-8-6-5-7-9-24)38(36,37)25-14-10-20(2)11-15-25/h5-15,17,21H,4,16,18-19H2,1-3H3,(H,31,35). The lowest BCUT2D eigenvalue weighted by atomic mass is 10.1. The van der Waals surface area contributed by atoms with Crippen LogP contribution in [0.1, 0.15) is 31.4 Å². The largest absolute Gasteiger partial charge is 0.354 e. The van der Waals surface area contributed by atoms with E-state index in [2.05, 4.69) is 5.32 Å². The summed E-state index contributed by atoms with van der Waals surface area (Å²) in [7, 11) is -4.10. The third-order valence-electron chi connectivity index (χ3n) is 6.00. The van der Waals surface area contributed by atoms with E-state index in [1.807, 2.05) is 13.8 Å². The fourth-order valence-corrected chi connectivity index (χ4v) is 5.65. The maximum Gasteiger partial charge on any atom is 0.264 e. The summed E-state index contributed by atoms with van der Waals surface area (Å²) in [6, 6.07) is 18.8. The normalized spacial score (nSPS) is 12.0. The van der Waals surface area contributed by atoms with Crippen LogP contribution < -0.4 is 9.62 Å². The number of benzene rings is 3. The van der Waals surface area contributed by atoms with Crippen LogP contribution >= 0.6 is 23.2 Å². The van der Waals surface area contributed by atoms with Gasteiger partial charge in [0.25, 0.3) is 10.0 Å². The van der Waals surface area contributed by atoms with E-state index in [9.17, 15) is 18.0 Å². The Morgan fingerprint density at radius 2 is 1.63 bits per heavy atom. The Labute approximate surface area is 234 Å². The zero-order valence-corrected chi connectivity index (χ0v) is 23.9. The highest BCUT2D eigenvalue weighted by Crippen LogP contribution is 2.26. The molecule has 0 aliphatic heterocycles. The Hall–Kier alpha value is -3.07. The average molecular weight is 577 g/mol. The van der Waals surface area contributed by atoms with E-state index in [0.717, 1.165) is 16.3 Å². The van der Waals surface area contributed by atoms with Gasteiger partial charge in [-0.2, -0.15) is 0 Å². The molecule has 2 amide bonds. The molecule has 0 spiro atoms.